The number of thiol groups is 1. The SMILES string of the molecule is CNCc1ccc(OCC(=O)O)c(-c2cccc(SN(C)C)c2)c1.Fc1ccc(S)cc1. The number of hydrogen-bond acceptors (Lipinski definition) is 6. The fraction of sp³-hybridized carbons (Fsp3) is 0.208. The van der Waals surface area contributed by atoms with Crippen molar-refractivity contribution in [2.24, 2.45) is 0 Å². The van der Waals surface area contributed by atoms with E-state index in [2.05, 4.69) is 24.0 Å². The van der Waals surface area contributed by atoms with Crippen LogP contribution in [0.5, 0.6) is 5.75 Å². The van der Waals surface area contributed by atoms with Crippen molar-refractivity contribution in [2.75, 3.05) is 27.7 Å². The van der Waals surface area contributed by atoms with Gasteiger partial charge < -0.3 is 15.2 Å². The number of aliphatic carboxylic acids is 1. The first-order valence-electron chi connectivity index (χ1n) is 9.81. The number of halogens is 1. The van der Waals surface area contributed by atoms with Crippen molar-refractivity contribution >= 4 is 30.5 Å². The molecule has 0 saturated carbocycles. The van der Waals surface area contributed by atoms with Crippen LogP contribution in [0.2, 0.25) is 0 Å². The Hall–Kier alpha value is -2.52. The second kappa shape index (κ2) is 13.1. The molecule has 0 aliphatic heterocycles. The summed E-state index contributed by atoms with van der Waals surface area (Å²) in [5, 5.41) is 12.0. The molecule has 3 aromatic carbocycles. The molecule has 0 unspecified atom stereocenters. The van der Waals surface area contributed by atoms with E-state index in [1.165, 1.54) is 12.1 Å². The van der Waals surface area contributed by atoms with Gasteiger partial charge in [-0.1, -0.05) is 18.2 Å². The van der Waals surface area contributed by atoms with Crippen molar-refractivity contribution in [2.45, 2.75) is 16.3 Å². The molecule has 8 heteroatoms. The second-order valence-corrected chi connectivity index (χ2v) is 8.85. The van der Waals surface area contributed by atoms with Crippen molar-refractivity contribution in [3.63, 3.8) is 0 Å². The Morgan fingerprint density at radius 2 is 1.84 bits per heavy atom. The molecule has 0 fully saturated rings. The molecule has 0 saturated heterocycles. The largest absolute Gasteiger partial charge is 0.481 e. The van der Waals surface area contributed by atoms with E-state index in [9.17, 15) is 9.18 Å². The van der Waals surface area contributed by atoms with Gasteiger partial charge in [0.25, 0.3) is 0 Å². The smallest absolute Gasteiger partial charge is 0.341 e. The third kappa shape index (κ3) is 8.92. The van der Waals surface area contributed by atoms with E-state index in [-0.39, 0.29) is 12.4 Å². The molecule has 0 bridgehead atoms. The lowest BCUT2D eigenvalue weighted by Gasteiger charge is -2.14. The number of nitrogens with one attached hydrogen (secondary N) is 1. The molecule has 0 amide bonds. The number of carboxylic acids is 1. The number of hydrogen-bond donors (Lipinski definition) is 3. The summed E-state index contributed by atoms with van der Waals surface area (Å²) in [6.45, 7) is 0.378. The van der Waals surface area contributed by atoms with Gasteiger partial charge in [-0.3, -0.25) is 4.31 Å². The molecule has 0 aliphatic rings. The van der Waals surface area contributed by atoms with E-state index >= 15 is 0 Å². The van der Waals surface area contributed by atoms with E-state index in [0.29, 0.717) is 5.75 Å². The number of carboxylic acid groups (broad SMARTS) is 1. The molecule has 3 aromatic rings. The van der Waals surface area contributed by atoms with Gasteiger partial charge >= 0.3 is 5.97 Å². The van der Waals surface area contributed by atoms with Gasteiger partial charge in [0.05, 0.1) is 0 Å². The summed E-state index contributed by atoms with van der Waals surface area (Å²) in [6.07, 6.45) is 0. The number of nitrogens with zero attached hydrogens (tertiary/aromatic N) is 1. The minimum atomic E-state index is -0.989. The predicted molar refractivity (Wildman–Crippen MR) is 131 cm³/mol. The maximum absolute atomic E-state index is 12.1. The molecule has 0 spiro atoms. The van der Waals surface area contributed by atoms with Crippen LogP contribution in [0.15, 0.2) is 76.5 Å². The van der Waals surface area contributed by atoms with Gasteiger partial charge in [0.2, 0.25) is 0 Å². The Morgan fingerprint density at radius 3 is 2.44 bits per heavy atom. The van der Waals surface area contributed by atoms with Crippen LogP contribution in [-0.2, 0) is 11.3 Å². The minimum absolute atomic E-state index is 0.220. The highest BCUT2D eigenvalue weighted by Gasteiger charge is 2.11. The maximum atomic E-state index is 12.1. The number of ether oxygens (including phenoxy) is 1. The molecule has 0 atom stereocenters. The Balaban J connectivity index is 0.000000380. The standard InChI is InChI=1S/C18H22N2O3S.C6H5FS/c1-19-11-13-7-8-17(23-12-18(21)22)16(9-13)14-5-4-6-15(10-14)24-20(2)3;7-5-1-3-6(8)4-2-5/h4-10,19H,11-12H2,1-3H3,(H,21,22);1-4,8H. The molecular weight excluding hydrogens is 447 g/mol. The van der Waals surface area contributed by atoms with Crippen LogP contribution in [-0.4, -0.2) is 43.1 Å². The summed E-state index contributed by atoms with van der Waals surface area (Å²) >= 11 is 5.60. The van der Waals surface area contributed by atoms with Crippen LogP contribution in [0.1, 0.15) is 5.56 Å². The van der Waals surface area contributed by atoms with Crippen molar-refractivity contribution in [3.8, 4) is 16.9 Å². The third-order valence-corrected chi connectivity index (χ3v) is 5.16. The Labute approximate surface area is 198 Å². The first kappa shape index (κ1) is 25.7. The number of carbonyl (C=O) groups is 1. The lowest BCUT2D eigenvalue weighted by atomic mass is 10.0. The van der Waals surface area contributed by atoms with Crippen LogP contribution in [0, 0.1) is 5.82 Å². The van der Waals surface area contributed by atoms with Gasteiger partial charge in [-0.15, -0.1) is 12.6 Å². The molecule has 3 rings (SSSR count). The van der Waals surface area contributed by atoms with E-state index in [1.54, 1.807) is 24.1 Å². The lowest BCUT2D eigenvalue weighted by Crippen LogP contribution is -2.10. The zero-order valence-corrected chi connectivity index (χ0v) is 19.9. The van der Waals surface area contributed by atoms with E-state index in [4.69, 9.17) is 9.84 Å². The summed E-state index contributed by atoms with van der Waals surface area (Å²) in [4.78, 5) is 12.7. The fourth-order valence-electron chi connectivity index (χ4n) is 2.75. The molecule has 32 heavy (non-hydrogen) atoms. The van der Waals surface area contributed by atoms with Crippen LogP contribution in [0.4, 0.5) is 4.39 Å². The van der Waals surface area contributed by atoms with Crippen LogP contribution in [0.25, 0.3) is 11.1 Å². The molecule has 2 N–H and O–H groups in total. The first-order chi connectivity index (χ1) is 15.3. The average Bonchev–Trinajstić information content (AvgIpc) is 2.75. The van der Waals surface area contributed by atoms with Gasteiger partial charge in [-0.2, -0.15) is 0 Å². The second-order valence-electron chi connectivity index (χ2n) is 6.95. The molecule has 0 radical (unpaired) electrons. The molecule has 170 valence electrons. The van der Waals surface area contributed by atoms with Crippen LogP contribution >= 0.6 is 24.6 Å². The Kier molecular flexibility index (Phi) is 10.6. The van der Waals surface area contributed by atoms with Gasteiger partial charge in [0.1, 0.15) is 11.6 Å². The maximum Gasteiger partial charge on any atom is 0.341 e. The number of rotatable bonds is 8. The van der Waals surface area contributed by atoms with E-state index in [1.807, 2.05) is 61.8 Å². The van der Waals surface area contributed by atoms with E-state index < -0.39 is 5.97 Å². The topological polar surface area (TPSA) is 61.8 Å². The zero-order valence-electron chi connectivity index (χ0n) is 18.2. The van der Waals surface area contributed by atoms with Gasteiger partial charge in [0, 0.05) is 21.9 Å². The first-order valence-corrected chi connectivity index (χ1v) is 11.0. The summed E-state index contributed by atoms with van der Waals surface area (Å²) < 4.78 is 19.5. The Bertz CT molecular complexity index is 993. The highest BCUT2D eigenvalue weighted by Crippen LogP contribution is 2.33. The lowest BCUT2D eigenvalue weighted by molar-refractivity contribution is -0.139. The Morgan fingerprint density at radius 1 is 1.12 bits per heavy atom. The molecule has 0 aromatic heterocycles. The average molecular weight is 475 g/mol. The summed E-state index contributed by atoms with van der Waals surface area (Å²) in [7, 11) is 5.88. The van der Waals surface area contributed by atoms with Gasteiger partial charge in [-0.05, 0) is 92.7 Å². The predicted octanol–water partition coefficient (Wildman–Crippen LogP) is 5.22. The molecular formula is C24H27FN2O3S2. The highest BCUT2D eigenvalue weighted by atomic mass is 32.2. The van der Waals surface area contributed by atoms with Crippen molar-refractivity contribution in [1.29, 1.82) is 0 Å². The summed E-state index contributed by atoms with van der Waals surface area (Å²) in [5.41, 5.74) is 3.01. The highest BCUT2D eigenvalue weighted by molar-refractivity contribution is 7.97. The van der Waals surface area contributed by atoms with E-state index in [0.717, 1.165) is 33.0 Å². The molecule has 5 nitrogen and oxygen atoms in total. The summed E-state index contributed by atoms with van der Waals surface area (Å²) in [5.74, 6) is -0.635. The monoisotopic (exact) mass is 474 g/mol. The van der Waals surface area contributed by atoms with Crippen molar-refractivity contribution in [3.05, 3.63) is 78.1 Å². The zero-order chi connectivity index (χ0) is 23.5. The van der Waals surface area contributed by atoms with Gasteiger partial charge in [-0.25, -0.2) is 9.18 Å². The van der Waals surface area contributed by atoms with Crippen molar-refractivity contribution in [1.82, 2.24) is 9.62 Å². The van der Waals surface area contributed by atoms with Gasteiger partial charge in [0.15, 0.2) is 6.61 Å². The molecule has 0 heterocycles. The molecule has 0 aliphatic carbocycles. The minimum Gasteiger partial charge on any atom is -0.481 e. The normalized spacial score (nSPS) is 10.4. The number of benzene rings is 3. The third-order valence-electron chi connectivity index (χ3n) is 4.04. The van der Waals surface area contributed by atoms with Crippen LogP contribution in [0.3, 0.4) is 0 Å². The summed E-state index contributed by atoms with van der Waals surface area (Å²) in [6, 6.07) is 19.9. The van der Waals surface area contributed by atoms with Crippen molar-refractivity contribution < 1.29 is 19.0 Å². The fourth-order valence-corrected chi connectivity index (χ4v) is 3.64. The quantitative estimate of drug-likeness (QED) is 0.307. The van der Waals surface area contributed by atoms with Crippen LogP contribution < -0.4 is 10.1 Å².